The summed E-state index contributed by atoms with van der Waals surface area (Å²) in [5.74, 6) is 2.29. The molecule has 0 aliphatic heterocycles. The second-order valence-electron chi connectivity index (χ2n) is 5.79. The van der Waals surface area contributed by atoms with Crippen molar-refractivity contribution in [3.63, 3.8) is 0 Å². The van der Waals surface area contributed by atoms with Crippen molar-refractivity contribution in [3.8, 4) is 0 Å². The number of guanidine groups is 1. The van der Waals surface area contributed by atoms with E-state index in [2.05, 4.69) is 58.7 Å². The van der Waals surface area contributed by atoms with Crippen LogP contribution >= 0.6 is 0 Å². The Morgan fingerprint density at radius 3 is 2.38 bits per heavy atom. The number of aryl methyl sites for hydroxylation is 3. The Morgan fingerprint density at radius 1 is 1.08 bits per heavy atom. The van der Waals surface area contributed by atoms with E-state index >= 15 is 0 Å². The molecule has 0 amide bonds. The van der Waals surface area contributed by atoms with Gasteiger partial charge in [-0.3, -0.25) is 0 Å². The van der Waals surface area contributed by atoms with Crippen LogP contribution in [0.2, 0.25) is 0 Å². The van der Waals surface area contributed by atoms with Gasteiger partial charge in [0, 0.05) is 13.1 Å². The molecule has 5 nitrogen and oxygen atoms in total. The maximum atomic E-state index is 5.56. The average molecular weight is 328 g/mol. The van der Waals surface area contributed by atoms with Crippen molar-refractivity contribution in [2.45, 2.75) is 47.1 Å². The number of hydrogen-bond acceptors (Lipinski definition) is 3. The minimum atomic E-state index is 0.440. The first kappa shape index (κ1) is 18.0. The molecule has 130 valence electrons. The van der Waals surface area contributed by atoms with Crippen LogP contribution < -0.4 is 10.6 Å². The first-order chi connectivity index (χ1) is 11.6. The summed E-state index contributed by atoms with van der Waals surface area (Å²) < 4.78 is 5.56. The van der Waals surface area contributed by atoms with E-state index in [0.717, 1.165) is 43.3 Å². The lowest BCUT2D eigenvalue weighted by Gasteiger charge is -2.11. The molecule has 2 N–H and O–H groups in total. The molecule has 2 rings (SSSR count). The highest BCUT2D eigenvalue weighted by Gasteiger charge is 2.05. The molecule has 24 heavy (non-hydrogen) atoms. The summed E-state index contributed by atoms with van der Waals surface area (Å²) in [6.07, 6.45) is 2.04. The molecule has 5 heteroatoms. The van der Waals surface area contributed by atoms with Crippen molar-refractivity contribution in [1.82, 2.24) is 15.6 Å². The van der Waals surface area contributed by atoms with E-state index < -0.39 is 0 Å². The molecule has 0 atom stereocenters. The Kier molecular flexibility index (Phi) is 6.85. The van der Waals surface area contributed by atoms with E-state index in [1.807, 2.05) is 13.8 Å². The smallest absolute Gasteiger partial charge is 0.216 e. The van der Waals surface area contributed by atoms with Crippen LogP contribution in [0.15, 0.2) is 33.7 Å². The van der Waals surface area contributed by atoms with Crippen molar-refractivity contribution in [3.05, 3.63) is 52.7 Å². The van der Waals surface area contributed by atoms with Gasteiger partial charge in [0.05, 0.1) is 5.69 Å². The number of benzene rings is 1. The van der Waals surface area contributed by atoms with Gasteiger partial charge in [0.25, 0.3) is 0 Å². The molecule has 0 unspecified atom stereocenters. The minimum absolute atomic E-state index is 0.440. The van der Waals surface area contributed by atoms with Crippen LogP contribution in [-0.4, -0.2) is 24.0 Å². The van der Waals surface area contributed by atoms with E-state index in [-0.39, 0.29) is 0 Å². The van der Waals surface area contributed by atoms with Gasteiger partial charge in [0.2, 0.25) is 5.89 Å². The summed E-state index contributed by atoms with van der Waals surface area (Å²) in [7, 11) is 0. The van der Waals surface area contributed by atoms with Gasteiger partial charge in [-0.05, 0) is 44.7 Å². The number of rotatable bonds is 7. The molecule has 0 saturated carbocycles. The van der Waals surface area contributed by atoms with Crippen LogP contribution in [-0.2, 0) is 19.4 Å². The van der Waals surface area contributed by atoms with Crippen LogP contribution in [0.1, 0.15) is 42.3 Å². The lowest BCUT2D eigenvalue weighted by atomic mass is 10.1. The Balaban J connectivity index is 1.86. The predicted molar refractivity (Wildman–Crippen MR) is 98.3 cm³/mol. The van der Waals surface area contributed by atoms with Crippen LogP contribution in [0.3, 0.4) is 0 Å². The number of aliphatic imine (C=N–C) groups is 1. The number of aromatic nitrogens is 1. The molecule has 0 fully saturated rings. The Morgan fingerprint density at radius 2 is 1.79 bits per heavy atom. The predicted octanol–water partition coefficient (Wildman–Crippen LogP) is 3.15. The topological polar surface area (TPSA) is 62.5 Å². The highest BCUT2D eigenvalue weighted by molar-refractivity contribution is 5.79. The molecule has 1 aromatic heterocycles. The van der Waals surface area contributed by atoms with Gasteiger partial charge < -0.3 is 15.1 Å². The lowest BCUT2D eigenvalue weighted by molar-refractivity contribution is 0.473. The summed E-state index contributed by atoms with van der Waals surface area (Å²) in [5.41, 5.74) is 3.63. The third-order valence-corrected chi connectivity index (χ3v) is 3.93. The molecular formula is C19H28N4O. The number of nitrogens with zero attached hydrogens (tertiary/aromatic N) is 2. The molecule has 0 spiro atoms. The monoisotopic (exact) mass is 328 g/mol. The first-order valence-electron chi connectivity index (χ1n) is 8.65. The fraction of sp³-hybridized carbons (Fsp3) is 0.474. The molecule has 0 radical (unpaired) electrons. The Hall–Kier alpha value is -2.30. The number of nitrogens with one attached hydrogen (secondary N) is 2. The summed E-state index contributed by atoms with van der Waals surface area (Å²) in [6, 6.07) is 8.79. The fourth-order valence-electron chi connectivity index (χ4n) is 2.36. The third kappa shape index (κ3) is 5.41. The van der Waals surface area contributed by atoms with E-state index in [9.17, 15) is 0 Å². The van der Waals surface area contributed by atoms with Crippen molar-refractivity contribution in [2.24, 2.45) is 4.99 Å². The molecule has 0 saturated heterocycles. The number of oxazole rings is 1. The van der Waals surface area contributed by atoms with E-state index in [0.29, 0.717) is 12.4 Å². The van der Waals surface area contributed by atoms with E-state index in [4.69, 9.17) is 4.42 Å². The summed E-state index contributed by atoms with van der Waals surface area (Å²) >= 11 is 0. The largest absolute Gasteiger partial charge is 0.444 e. The van der Waals surface area contributed by atoms with Gasteiger partial charge in [-0.15, -0.1) is 0 Å². The van der Waals surface area contributed by atoms with Gasteiger partial charge in [-0.2, -0.15) is 0 Å². The van der Waals surface area contributed by atoms with Gasteiger partial charge in [0.1, 0.15) is 12.3 Å². The molecule has 2 aromatic rings. The summed E-state index contributed by atoms with van der Waals surface area (Å²) in [6.45, 7) is 10.2. The average Bonchev–Trinajstić information content (AvgIpc) is 2.91. The Bertz CT molecular complexity index is 639. The summed E-state index contributed by atoms with van der Waals surface area (Å²) in [4.78, 5) is 8.89. The third-order valence-electron chi connectivity index (χ3n) is 3.93. The first-order valence-corrected chi connectivity index (χ1v) is 8.65. The maximum Gasteiger partial charge on any atom is 0.216 e. The van der Waals surface area contributed by atoms with Gasteiger partial charge in [0.15, 0.2) is 5.96 Å². The standard InChI is InChI=1S/C19H28N4O/c1-5-16-7-9-17(10-8-16)11-12-21-19(20-6-2)22-13-18-23-14(3)15(4)24-18/h7-10H,5-6,11-13H2,1-4H3,(H2,20,21,22). The Labute approximate surface area is 144 Å². The van der Waals surface area contributed by atoms with E-state index in [1.54, 1.807) is 0 Å². The molecule has 0 aliphatic rings. The van der Waals surface area contributed by atoms with Gasteiger partial charge in [-0.25, -0.2) is 9.98 Å². The highest BCUT2D eigenvalue weighted by atomic mass is 16.4. The zero-order chi connectivity index (χ0) is 17.4. The highest BCUT2D eigenvalue weighted by Crippen LogP contribution is 2.09. The zero-order valence-electron chi connectivity index (χ0n) is 15.1. The SMILES string of the molecule is CCNC(=NCc1nc(C)c(C)o1)NCCc1ccc(CC)cc1. The van der Waals surface area contributed by atoms with Crippen LogP contribution in [0, 0.1) is 13.8 Å². The van der Waals surface area contributed by atoms with Crippen LogP contribution in [0.25, 0.3) is 0 Å². The second-order valence-corrected chi connectivity index (χ2v) is 5.79. The number of hydrogen-bond donors (Lipinski definition) is 2. The normalized spacial score (nSPS) is 11.6. The fourth-order valence-corrected chi connectivity index (χ4v) is 2.36. The second kappa shape index (κ2) is 9.11. The molecule has 1 heterocycles. The van der Waals surface area contributed by atoms with Crippen molar-refractivity contribution in [1.29, 1.82) is 0 Å². The van der Waals surface area contributed by atoms with Crippen molar-refractivity contribution in [2.75, 3.05) is 13.1 Å². The van der Waals surface area contributed by atoms with Crippen LogP contribution in [0.5, 0.6) is 0 Å². The van der Waals surface area contributed by atoms with Crippen molar-refractivity contribution < 1.29 is 4.42 Å². The molecular weight excluding hydrogens is 300 g/mol. The minimum Gasteiger partial charge on any atom is -0.444 e. The van der Waals surface area contributed by atoms with Gasteiger partial charge in [-0.1, -0.05) is 31.2 Å². The van der Waals surface area contributed by atoms with Crippen LogP contribution in [0.4, 0.5) is 0 Å². The quantitative estimate of drug-likeness (QED) is 0.605. The zero-order valence-corrected chi connectivity index (χ0v) is 15.1. The van der Waals surface area contributed by atoms with Crippen molar-refractivity contribution >= 4 is 5.96 Å². The maximum absolute atomic E-state index is 5.56. The van der Waals surface area contributed by atoms with Gasteiger partial charge >= 0.3 is 0 Å². The summed E-state index contributed by atoms with van der Waals surface area (Å²) in [5, 5.41) is 6.61. The molecule has 0 bridgehead atoms. The van der Waals surface area contributed by atoms with E-state index in [1.165, 1.54) is 11.1 Å². The molecule has 1 aromatic carbocycles. The molecule has 0 aliphatic carbocycles. The lowest BCUT2D eigenvalue weighted by Crippen LogP contribution is -2.38.